The lowest BCUT2D eigenvalue weighted by molar-refractivity contribution is -0.139. The van der Waals surface area contributed by atoms with Crippen LogP contribution in [0.1, 0.15) is 74.9 Å². The Hall–Kier alpha value is -3.22. The van der Waals surface area contributed by atoms with Crippen molar-refractivity contribution < 1.29 is 27.2 Å². The molecular formula is C29H41N5O6S. The second-order valence-corrected chi connectivity index (χ2v) is 12.8. The fourth-order valence-electron chi connectivity index (χ4n) is 5.18. The highest BCUT2D eigenvalue weighted by atomic mass is 32.2. The third-order valence-electron chi connectivity index (χ3n) is 7.38. The molecule has 0 bridgehead atoms. The summed E-state index contributed by atoms with van der Waals surface area (Å²) < 4.78 is 41.5. The monoisotopic (exact) mass is 587 g/mol. The van der Waals surface area contributed by atoms with E-state index in [2.05, 4.69) is 20.0 Å². The number of rotatable bonds is 12. The maximum atomic E-state index is 13.8. The first-order chi connectivity index (χ1) is 19.6. The van der Waals surface area contributed by atoms with Crippen LogP contribution < -0.4 is 10.0 Å². The lowest BCUT2D eigenvalue weighted by Crippen LogP contribution is -2.52. The number of aryl methyl sites for hydroxylation is 1. The number of aromatic nitrogens is 2. The van der Waals surface area contributed by atoms with E-state index >= 15 is 0 Å². The van der Waals surface area contributed by atoms with Crippen molar-refractivity contribution in [3.63, 3.8) is 0 Å². The number of carbonyl (C=O) groups is 2. The average Bonchev–Trinajstić information content (AvgIpc) is 3.37. The molecule has 3 N–H and O–H groups in total. The van der Waals surface area contributed by atoms with E-state index in [1.165, 1.54) is 11.4 Å². The van der Waals surface area contributed by atoms with E-state index in [9.17, 15) is 18.0 Å². The van der Waals surface area contributed by atoms with Crippen LogP contribution in [0.4, 0.5) is 0 Å². The number of aromatic amines is 1. The van der Waals surface area contributed by atoms with Gasteiger partial charge in [0, 0.05) is 36.6 Å². The summed E-state index contributed by atoms with van der Waals surface area (Å²) in [5.74, 6) is -0.180. The summed E-state index contributed by atoms with van der Waals surface area (Å²) in [4.78, 5) is 33.5. The molecule has 0 saturated carbocycles. The van der Waals surface area contributed by atoms with Gasteiger partial charge < -0.3 is 19.5 Å². The van der Waals surface area contributed by atoms with Gasteiger partial charge in [-0.15, -0.1) is 0 Å². The maximum Gasteiger partial charge on any atom is 0.311 e. The molecule has 3 heterocycles. The van der Waals surface area contributed by atoms with Crippen molar-refractivity contribution in [1.29, 1.82) is 0 Å². The summed E-state index contributed by atoms with van der Waals surface area (Å²) in [6.45, 7) is 6.47. The van der Waals surface area contributed by atoms with E-state index in [0.29, 0.717) is 37.4 Å². The fourth-order valence-corrected chi connectivity index (χ4v) is 6.63. The van der Waals surface area contributed by atoms with E-state index in [1.54, 1.807) is 6.92 Å². The van der Waals surface area contributed by atoms with Gasteiger partial charge in [-0.25, -0.2) is 4.98 Å². The molecular weight excluding hydrogens is 546 g/mol. The molecule has 0 spiro atoms. The maximum absolute atomic E-state index is 13.8. The van der Waals surface area contributed by atoms with Crippen LogP contribution in [0.2, 0.25) is 0 Å². The molecule has 2 aromatic heterocycles. The van der Waals surface area contributed by atoms with Gasteiger partial charge in [0.15, 0.2) is 0 Å². The number of benzene rings is 1. The summed E-state index contributed by atoms with van der Waals surface area (Å²) in [5.41, 5.74) is 2.30. The number of nitrogens with one attached hydrogen (secondary N) is 3. The summed E-state index contributed by atoms with van der Waals surface area (Å²) in [5, 5.41) is 4.01. The Balaban J connectivity index is 1.62. The van der Waals surface area contributed by atoms with Gasteiger partial charge in [0.2, 0.25) is 11.8 Å². The van der Waals surface area contributed by atoms with Crippen molar-refractivity contribution in [1.82, 2.24) is 24.3 Å². The Morgan fingerprint density at radius 2 is 1.85 bits per heavy atom. The number of H-pyrrole nitrogens is 1. The molecule has 1 aromatic carbocycles. The smallest absolute Gasteiger partial charge is 0.311 e. The minimum Gasteiger partial charge on any atom is -0.469 e. The summed E-state index contributed by atoms with van der Waals surface area (Å²) in [6.07, 6.45) is 6.04. The first kappa shape index (κ1) is 30.7. The number of amides is 1. The van der Waals surface area contributed by atoms with Gasteiger partial charge in [-0.2, -0.15) is 17.4 Å². The minimum atomic E-state index is -3.87. The topological polar surface area (TPSA) is 147 Å². The number of para-hydroxylation sites is 1. The van der Waals surface area contributed by atoms with Gasteiger partial charge in [0.25, 0.3) is 10.2 Å². The minimum absolute atomic E-state index is 0.0558. The number of nitrogens with zero attached hydrogens (tertiary/aromatic N) is 2. The number of hydrogen-bond acceptors (Lipinski definition) is 7. The molecule has 12 heteroatoms. The third-order valence-corrected chi connectivity index (χ3v) is 9.01. The predicted molar refractivity (Wildman–Crippen MR) is 155 cm³/mol. The van der Waals surface area contributed by atoms with E-state index in [0.717, 1.165) is 42.1 Å². The van der Waals surface area contributed by atoms with Crippen LogP contribution in [-0.4, -0.2) is 60.8 Å². The van der Waals surface area contributed by atoms with Gasteiger partial charge in [0.1, 0.15) is 17.8 Å². The van der Waals surface area contributed by atoms with E-state index in [1.807, 2.05) is 44.3 Å². The zero-order valence-electron chi connectivity index (χ0n) is 24.2. The molecule has 4 rings (SSSR count). The second-order valence-electron chi connectivity index (χ2n) is 11.1. The van der Waals surface area contributed by atoms with Crippen LogP contribution in [0.15, 0.2) is 34.9 Å². The molecule has 1 amide bonds. The Kier molecular flexibility index (Phi) is 10.2. The number of carbonyl (C=O) groups excluding carboxylic acids is 2. The quantitative estimate of drug-likeness (QED) is 0.274. The van der Waals surface area contributed by atoms with Crippen LogP contribution in [0.25, 0.3) is 10.9 Å². The van der Waals surface area contributed by atoms with Gasteiger partial charge in [0.05, 0.1) is 19.2 Å². The molecule has 1 saturated heterocycles. The number of methoxy groups -OCH3 is 1. The normalized spacial score (nSPS) is 16.4. The zero-order valence-corrected chi connectivity index (χ0v) is 25.1. The Bertz CT molecular complexity index is 1440. The van der Waals surface area contributed by atoms with Crippen LogP contribution in [0, 0.1) is 12.8 Å². The van der Waals surface area contributed by atoms with Gasteiger partial charge in [-0.3, -0.25) is 9.59 Å². The molecule has 0 aliphatic carbocycles. The average molecular weight is 588 g/mol. The Labute approximate surface area is 241 Å². The zero-order chi connectivity index (χ0) is 29.6. The summed E-state index contributed by atoms with van der Waals surface area (Å²) >= 11 is 0. The first-order valence-electron chi connectivity index (χ1n) is 14.2. The summed E-state index contributed by atoms with van der Waals surface area (Å²) in [7, 11) is -2.56. The standard InChI is InChI=1S/C29H41N5O6S/c1-19(2)15-25(33-41(37,38)34-13-9-5-6-10-14-34)28(36)31-26(16-21-18-30-23-12-8-7-11-22(21)23)29-32-24(20(3)40-29)17-27(35)39-4/h7-8,11-12,18-19,25-26,30,33H,5-6,9-10,13-17H2,1-4H3,(H,31,36)/t25-,26+/m0/s1. The van der Waals surface area contributed by atoms with E-state index in [4.69, 9.17) is 9.15 Å². The fraction of sp³-hybridized carbons (Fsp3) is 0.552. The van der Waals surface area contributed by atoms with Crippen molar-refractivity contribution in [2.45, 2.75) is 77.8 Å². The molecule has 2 atom stereocenters. The molecule has 0 radical (unpaired) electrons. The number of esters is 1. The summed E-state index contributed by atoms with van der Waals surface area (Å²) in [6, 6.07) is 6.12. The van der Waals surface area contributed by atoms with Gasteiger partial charge in [-0.1, -0.05) is 44.9 Å². The molecule has 11 nitrogen and oxygen atoms in total. The van der Waals surface area contributed by atoms with Crippen LogP contribution >= 0.6 is 0 Å². The molecule has 0 unspecified atom stereocenters. The van der Waals surface area contributed by atoms with Crippen LogP contribution in [-0.2, 0) is 37.4 Å². The molecule has 1 aliphatic rings. The van der Waals surface area contributed by atoms with Gasteiger partial charge >= 0.3 is 5.97 Å². The second kappa shape index (κ2) is 13.6. The molecule has 1 fully saturated rings. The van der Waals surface area contributed by atoms with E-state index in [-0.39, 0.29) is 18.2 Å². The molecule has 1 aliphatic heterocycles. The lowest BCUT2D eigenvalue weighted by Gasteiger charge is -2.26. The third kappa shape index (κ3) is 7.96. The van der Waals surface area contributed by atoms with Crippen LogP contribution in [0.5, 0.6) is 0 Å². The highest BCUT2D eigenvalue weighted by Crippen LogP contribution is 2.26. The van der Waals surface area contributed by atoms with Crippen molar-refractivity contribution >= 4 is 33.0 Å². The number of ether oxygens (including phenoxy) is 1. The molecule has 41 heavy (non-hydrogen) atoms. The Morgan fingerprint density at radius 1 is 1.15 bits per heavy atom. The SMILES string of the molecule is COC(=O)Cc1nc([C@@H](Cc2c[nH]c3ccccc23)NC(=O)[C@H](CC(C)C)NS(=O)(=O)N2CCCCCC2)oc1C. The van der Waals surface area contributed by atoms with E-state index < -0.39 is 34.2 Å². The number of oxazole rings is 1. The number of fused-ring (bicyclic) bond motifs is 1. The van der Waals surface area contributed by atoms with Crippen molar-refractivity contribution in [3.8, 4) is 0 Å². The largest absolute Gasteiger partial charge is 0.469 e. The highest BCUT2D eigenvalue weighted by molar-refractivity contribution is 7.87. The molecule has 3 aromatic rings. The predicted octanol–water partition coefficient (Wildman–Crippen LogP) is 3.70. The Morgan fingerprint density at radius 3 is 2.54 bits per heavy atom. The first-order valence-corrected chi connectivity index (χ1v) is 15.7. The van der Waals surface area contributed by atoms with Gasteiger partial charge in [-0.05, 0) is 43.7 Å². The van der Waals surface area contributed by atoms with Crippen LogP contribution in [0.3, 0.4) is 0 Å². The number of hydrogen-bond donors (Lipinski definition) is 3. The molecule has 224 valence electrons. The highest BCUT2D eigenvalue weighted by Gasteiger charge is 2.33. The van der Waals surface area contributed by atoms with Crippen molar-refractivity contribution in [2.24, 2.45) is 5.92 Å². The van der Waals surface area contributed by atoms with Crippen molar-refractivity contribution in [2.75, 3.05) is 20.2 Å². The lowest BCUT2D eigenvalue weighted by atomic mass is 10.0. The van der Waals surface area contributed by atoms with Crippen molar-refractivity contribution in [3.05, 3.63) is 53.4 Å².